The van der Waals surface area contributed by atoms with Crippen LogP contribution in [0.4, 0.5) is 0 Å². The van der Waals surface area contributed by atoms with Crippen LogP contribution in [0.15, 0.2) is 0 Å². The Hall–Kier alpha value is -0.330. The van der Waals surface area contributed by atoms with Gasteiger partial charge in [-0.3, -0.25) is 4.79 Å². The molecule has 0 saturated heterocycles. The Labute approximate surface area is 74.5 Å². The molecule has 0 aromatic heterocycles. The van der Waals surface area contributed by atoms with Gasteiger partial charge in [0.2, 0.25) is 0 Å². The van der Waals surface area contributed by atoms with Gasteiger partial charge in [-0.25, -0.2) is 0 Å². The van der Waals surface area contributed by atoms with E-state index in [0.29, 0.717) is 17.6 Å². The van der Waals surface area contributed by atoms with E-state index >= 15 is 0 Å². The fourth-order valence-corrected chi connectivity index (χ4v) is 3.54. The number of Topliss-reactive ketones (excluding diaryl/α,β-unsaturated/α-hetero) is 1. The summed E-state index contributed by atoms with van der Waals surface area (Å²) in [7, 11) is 0. The zero-order chi connectivity index (χ0) is 9.15. The number of carbonyl (C=O) groups is 1. The van der Waals surface area contributed by atoms with Crippen molar-refractivity contribution in [2.45, 2.75) is 40.5 Å². The van der Waals surface area contributed by atoms with Gasteiger partial charge in [-0.05, 0) is 24.2 Å². The van der Waals surface area contributed by atoms with Crippen LogP contribution in [0.2, 0.25) is 0 Å². The molecule has 0 N–H and O–H groups in total. The molecular weight excluding hydrogens is 148 g/mol. The summed E-state index contributed by atoms with van der Waals surface area (Å²) in [4.78, 5) is 11.9. The molecule has 2 saturated carbocycles. The molecule has 12 heavy (non-hydrogen) atoms. The third-order valence-electron chi connectivity index (χ3n) is 4.87. The highest BCUT2D eigenvalue weighted by Crippen LogP contribution is 2.65. The number of carbonyl (C=O) groups excluding carboxylic acids is 1. The lowest BCUT2D eigenvalue weighted by Gasteiger charge is -2.32. The molecule has 1 nitrogen and oxygen atoms in total. The summed E-state index contributed by atoms with van der Waals surface area (Å²) in [6, 6.07) is 0. The van der Waals surface area contributed by atoms with Crippen molar-refractivity contribution < 1.29 is 4.79 Å². The second-order valence-electron chi connectivity index (χ2n) is 5.35. The van der Waals surface area contributed by atoms with E-state index in [4.69, 9.17) is 0 Å². The molecule has 2 bridgehead atoms. The first kappa shape index (κ1) is 8.28. The maximum atomic E-state index is 11.9. The summed E-state index contributed by atoms with van der Waals surface area (Å²) >= 11 is 0. The van der Waals surface area contributed by atoms with Gasteiger partial charge in [0, 0.05) is 11.3 Å². The molecule has 2 fully saturated rings. The third kappa shape index (κ3) is 0.605. The minimum absolute atomic E-state index is 0.00289. The van der Waals surface area contributed by atoms with Crippen LogP contribution < -0.4 is 0 Å². The van der Waals surface area contributed by atoms with E-state index in [-0.39, 0.29) is 10.8 Å². The minimum Gasteiger partial charge on any atom is -0.299 e. The van der Waals surface area contributed by atoms with Crippen molar-refractivity contribution in [2.75, 3.05) is 0 Å². The number of rotatable bonds is 0. The highest BCUT2D eigenvalue weighted by Gasteiger charge is 2.64. The quantitative estimate of drug-likeness (QED) is 0.540. The fraction of sp³-hybridized carbons (Fsp3) is 0.909. The van der Waals surface area contributed by atoms with E-state index in [9.17, 15) is 4.79 Å². The second kappa shape index (κ2) is 1.94. The van der Waals surface area contributed by atoms with Gasteiger partial charge in [-0.15, -0.1) is 0 Å². The van der Waals surface area contributed by atoms with Gasteiger partial charge in [-0.1, -0.05) is 27.7 Å². The Kier molecular flexibility index (Phi) is 1.34. The van der Waals surface area contributed by atoms with Crippen LogP contribution in [-0.2, 0) is 4.79 Å². The lowest BCUT2D eigenvalue weighted by molar-refractivity contribution is -0.131. The average Bonchev–Trinajstić information content (AvgIpc) is 2.26. The molecule has 0 aliphatic heterocycles. The zero-order valence-corrected chi connectivity index (χ0v) is 8.48. The average molecular weight is 166 g/mol. The first-order chi connectivity index (χ1) is 5.41. The predicted octanol–water partition coefficient (Wildman–Crippen LogP) is 2.65. The van der Waals surface area contributed by atoms with Crippen LogP contribution in [0, 0.1) is 22.7 Å². The summed E-state index contributed by atoms with van der Waals surface area (Å²) in [6.45, 7) is 8.82. The molecule has 0 heterocycles. The van der Waals surface area contributed by atoms with Crippen molar-refractivity contribution in [3.05, 3.63) is 0 Å². The van der Waals surface area contributed by atoms with Crippen LogP contribution in [0.1, 0.15) is 40.5 Å². The zero-order valence-electron chi connectivity index (χ0n) is 8.48. The monoisotopic (exact) mass is 166 g/mol. The van der Waals surface area contributed by atoms with Crippen LogP contribution in [0.25, 0.3) is 0 Å². The van der Waals surface area contributed by atoms with Gasteiger partial charge in [0.1, 0.15) is 5.78 Å². The van der Waals surface area contributed by atoms with E-state index in [1.165, 1.54) is 6.42 Å². The predicted molar refractivity (Wildman–Crippen MR) is 48.8 cm³/mol. The second-order valence-corrected chi connectivity index (χ2v) is 5.35. The number of fused-ring (bicyclic) bond motifs is 2. The van der Waals surface area contributed by atoms with Crippen molar-refractivity contribution in [3.63, 3.8) is 0 Å². The Bertz CT molecular complexity index is 241. The van der Waals surface area contributed by atoms with Crippen LogP contribution in [-0.4, -0.2) is 5.78 Å². The normalized spacial score (nSPS) is 50.2. The van der Waals surface area contributed by atoms with Gasteiger partial charge in [0.05, 0.1) is 0 Å². The summed E-state index contributed by atoms with van der Waals surface area (Å²) in [5, 5.41) is 0. The van der Waals surface area contributed by atoms with E-state index in [2.05, 4.69) is 27.7 Å². The highest BCUT2D eigenvalue weighted by atomic mass is 16.1. The summed E-state index contributed by atoms with van der Waals surface area (Å²) in [5.74, 6) is 1.48. The Morgan fingerprint density at radius 1 is 1.33 bits per heavy atom. The maximum absolute atomic E-state index is 11.9. The van der Waals surface area contributed by atoms with Crippen molar-refractivity contribution in [3.8, 4) is 0 Å². The number of ketones is 1. The van der Waals surface area contributed by atoms with Crippen molar-refractivity contribution in [2.24, 2.45) is 22.7 Å². The maximum Gasteiger partial charge on any atom is 0.142 e. The SMILES string of the molecule is C[C@H]1C(=O)[C@]2(C)CC[C@@H]1C2(C)C. The molecule has 2 aliphatic rings. The molecule has 0 radical (unpaired) electrons. The third-order valence-corrected chi connectivity index (χ3v) is 4.87. The largest absolute Gasteiger partial charge is 0.299 e. The van der Waals surface area contributed by atoms with E-state index < -0.39 is 0 Å². The molecular formula is C11H18O. The summed E-state index contributed by atoms with van der Waals surface area (Å²) in [5.41, 5.74) is 0.251. The molecule has 1 heteroatoms. The van der Waals surface area contributed by atoms with Crippen molar-refractivity contribution in [1.82, 2.24) is 0 Å². The molecule has 3 atom stereocenters. The molecule has 0 aromatic rings. The Balaban J connectivity index is 2.50. The van der Waals surface area contributed by atoms with E-state index in [0.717, 1.165) is 6.42 Å². The summed E-state index contributed by atoms with van der Waals surface area (Å²) < 4.78 is 0. The Morgan fingerprint density at radius 2 is 1.92 bits per heavy atom. The molecule has 0 spiro atoms. The number of hydrogen-bond acceptors (Lipinski definition) is 1. The van der Waals surface area contributed by atoms with E-state index in [1.54, 1.807) is 0 Å². The summed E-state index contributed by atoms with van der Waals surface area (Å²) in [6.07, 6.45) is 2.38. The van der Waals surface area contributed by atoms with Gasteiger partial charge < -0.3 is 0 Å². The van der Waals surface area contributed by atoms with Crippen LogP contribution >= 0.6 is 0 Å². The molecule has 2 rings (SSSR count). The van der Waals surface area contributed by atoms with E-state index in [1.807, 2.05) is 0 Å². The fourth-order valence-electron chi connectivity index (χ4n) is 3.54. The van der Waals surface area contributed by atoms with Crippen LogP contribution in [0.5, 0.6) is 0 Å². The van der Waals surface area contributed by atoms with Crippen molar-refractivity contribution in [1.29, 1.82) is 0 Å². The molecule has 0 unspecified atom stereocenters. The first-order valence-electron chi connectivity index (χ1n) is 4.95. The number of hydrogen-bond donors (Lipinski definition) is 0. The topological polar surface area (TPSA) is 17.1 Å². The first-order valence-corrected chi connectivity index (χ1v) is 4.95. The van der Waals surface area contributed by atoms with Crippen molar-refractivity contribution >= 4 is 5.78 Å². The molecule has 68 valence electrons. The van der Waals surface area contributed by atoms with Gasteiger partial charge in [-0.2, -0.15) is 0 Å². The lowest BCUT2D eigenvalue weighted by Crippen LogP contribution is -2.33. The van der Waals surface area contributed by atoms with Gasteiger partial charge in [0.25, 0.3) is 0 Å². The minimum atomic E-state index is -0.00289. The highest BCUT2D eigenvalue weighted by molar-refractivity contribution is 5.91. The standard InChI is InChI=1S/C11H18O/c1-7-8-5-6-11(4,9(7)12)10(8,2)3/h7-8H,5-6H2,1-4H3/t7-,8+,11+/m1/s1. The van der Waals surface area contributed by atoms with Gasteiger partial charge >= 0.3 is 0 Å². The Morgan fingerprint density at radius 3 is 2.17 bits per heavy atom. The van der Waals surface area contributed by atoms with Gasteiger partial charge in [0.15, 0.2) is 0 Å². The smallest absolute Gasteiger partial charge is 0.142 e. The molecule has 0 aromatic carbocycles. The molecule has 0 amide bonds. The lowest BCUT2D eigenvalue weighted by atomic mass is 9.70. The molecule has 2 aliphatic carbocycles. The van der Waals surface area contributed by atoms with Crippen LogP contribution in [0.3, 0.4) is 0 Å².